The molecule has 0 spiro atoms. The van der Waals surface area contributed by atoms with Gasteiger partial charge in [0.2, 0.25) is 5.91 Å². The predicted octanol–water partition coefficient (Wildman–Crippen LogP) is 3.83. The smallest absolute Gasteiger partial charge is 0.246 e. The number of carbonyl (C=O) groups is 1. The molecule has 0 bridgehead atoms. The van der Waals surface area contributed by atoms with Crippen LogP contribution in [0.1, 0.15) is 18.4 Å². The van der Waals surface area contributed by atoms with Crippen molar-refractivity contribution in [1.82, 2.24) is 9.88 Å². The van der Waals surface area contributed by atoms with Crippen LogP contribution in [0, 0.1) is 0 Å². The molecule has 1 saturated heterocycles. The maximum atomic E-state index is 12.5. The molecule has 0 aliphatic carbocycles. The lowest BCUT2D eigenvalue weighted by atomic mass is 10.1. The van der Waals surface area contributed by atoms with Gasteiger partial charge in [-0.3, -0.25) is 9.78 Å². The molecule has 1 aliphatic rings. The first-order valence-corrected chi connectivity index (χ1v) is 8.90. The van der Waals surface area contributed by atoms with E-state index < -0.39 is 0 Å². The van der Waals surface area contributed by atoms with Crippen LogP contribution in [0.2, 0.25) is 5.02 Å². The number of rotatable bonds is 5. The number of likely N-dealkylation sites (tertiary alicyclic amines) is 1. The molecular formula is C20H21ClN2O3. The van der Waals surface area contributed by atoms with Gasteiger partial charge in [-0.15, -0.1) is 0 Å². The molecule has 2 aromatic rings. The number of nitrogens with zero attached hydrogens (tertiary/aromatic N) is 2. The highest BCUT2D eigenvalue weighted by Crippen LogP contribution is 2.25. The van der Waals surface area contributed by atoms with Crippen LogP contribution in [0.3, 0.4) is 0 Å². The fourth-order valence-corrected chi connectivity index (χ4v) is 3.02. The van der Waals surface area contributed by atoms with Crippen molar-refractivity contribution in [1.29, 1.82) is 0 Å². The average molecular weight is 373 g/mol. The molecule has 2 heterocycles. The number of methoxy groups -OCH3 is 1. The van der Waals surface area contributed by atoms with Gasteiger partial charge in [-0.05, 0) is 36.6 Å². The van der Waals surface area contributed by atoms with Gasteiger partial charge in [0, 0.05) is 31.1 Å². The molecule has 1 atom stereocenters. The second-order valence-corrected chi connectivity index (χ2v) is 6.49. The number of hydrogen-bond acceptors (Lipinski definition) is 4. The monoisotopic (exact) mass is 372 g/mol. The lowest BCUT2D eigenvalue weighted by molar-refractivity contribution is -0.128. The minimum absolute atomic E-state index is 0.0186. The predicted molar refractivity (Wildman–Crippen MR) is 102 cm³/mol. The first-order valence-electron chi connectivity index (χ1n) is 8.53. The Kier molecular flexibility index (Phi) is 6.12. The van der Waals surface area contributed by atoms with Crippen LogP contribution in [0.25, 0.3) is 6.08 Å². The van der Waals surface area contributed by atoms with Crippen LogP contribution in [0.4, 0.5) is 0 Å². The van der Waals surface area contributed by atoms with E-state index in [1.807, 2.05) is 35.2 Å². The first-order chi connectivity index (χ1) is 12.7. The molecular weight excluding hydrogens is 352 g/mol. The van der Waals surface area contributed by atoms with E-state index in [1.54, 1.807) is 31.6 Å². The first kappa shape index (κ1) is 18.3. The van der Waals surface area contributed by atoms with Gasteiger partial charge in [0.1, 0.15) is 22.6 Å². The Morgan fingerprint density at radius 3 is 2.85 bits per heavy atom. The van der Waals surface area contributed by atoms with Crippen molar-refractivity contribution < 1.29 is 14.3 Å². The fraction of sp³-hybridized carbons (Fsp3) is 0.300. The number of carbonyl (C=O) groups excluding carboxylic acids is 1. The Labute approximate surface area is 158 Å². The number of benzene rings is 1. The Bertz CT molecular complexity index is 777. The third kappa shape index (κ3) is 4.76. The third-order valence-corrected chi connectivity index (χ3v) is 4.54. The highest BCUT2D eigenvalue weighted by molar-refractivity contribution is 6.31. The van der Waals surface area contributed by atoms with Crippen molar-refractivity contribution in [2.24, 2.45) is 0 Å². The van der Waals surface area contributed by atoms with Crippen molar-refractivity contribution in [2.45, 2.75) is 18.9 Å². The summed E-state index contributed by atoms with van der Waals surface area (Å²) < 4.78 is 11.1. The lowest BCUT2D eigenvalue weighted by Gasteiger charge is -2.32. The molecule has 0 saturated carbocycles. The standard InChI is InChI=1S/C20H21ClN2O3/c1-25-16-7-4-15(5-8-16)6-9-20(24)23-12-2-3-17(14-23)26-19-10-11-22-13-18(19)21/h4-11,13,17H,2-3,12,14H2,1H3/b9-6+/t17-/m0/s1. The zero-order chi connectivity index (χ0) is 18.4. The van der Waals surface area contributed by atoms with Gasteiger partial charge in [-0.2, -0.15) is 0 Å². The van der Waals surface area contributed by atoms with Gasteiger partial charge in [0.25, 0.3) is 0 Å². The summed E-state index contributed by atoms with van der Waals surface area (Å²) in [5.74, 6) is 1.38. The van der Waals surface area contributed by atoms with Crippen LogP contribution >= 0.6 is 11.6 Å². The molecule has 6 heteroatoms. The molecule has 0 N–H and O–H groups in total. The molecule has 0 radical (unpaired) electrons. The number of piperidine rings is 1. The van der Waals surface area contributed by atoms with E-state index >= 15 is 0 Å². The number of ether oxygens (including phenoxy) is 2. The van der Waals surface area contributed by atoms with Gasteiger partial charge in [-0.25, -0.2) is 0 Å². The molecule has 1 aromatic carbocycles. The van der Waals surface area contributed by atoms with Crippen molar-refractivity contribution in [3.8, 4) is 11.5 Å². The molecule has 1 aliphatic heterocycles. The fourth-order valence-electron chi connectivity index (χ4n) is 2.86. The van der Waals surface area contributed by atoms with E-state index in [1.165, 1.54) is 0 Å². The lowest BCUT2D eigenvalue weighted by Crippen LogP contribution is -2.43. The zero-order valence-electron chi connectivity index (χ0n) is 14.6. The molecule has 26 heavy (non-hydrogen) atoms. The molecule has 5 nitrogen and oxygen atoms in total. The largest absolute Gasteiger partial charge is 0.497 e. The maximum absolute atomic E-state index is 12.5. The van der Waals surface area contributed by atoms with E-state index in [9.17, 15) is 4.79 Å². The summed E-state index contributed by atoms with van der Waals surface area (Å²) in [4.78, 5) is 18.2. The minimum Gasteiger partial charge on any atom is -0.497 e. The van der Waals surface area contributed by atoms with Crippen molar-refractivity contribution in [3.05, 3.63) is 59.4 Å². The summed E-state index contributed by atoms with van der Waals surface area (Å²) in [7, 11) is 1.63. The molecule has 136 valence electrons. The Balaban J connectivity index is 1.58. The SMILES string of the molecule is COc1ccc(/C=C/C(=O)N2CCC[C@H](Oc3ccncc3Cl)C2)cc1. The zero-order valence-corrected chi connectivity index (χ0v) is 15.4. The van der Waals surface area contributed by atoms with Gasteiger partial charge in [-0.1, -0.05) is 23.7 Å². The van der Waals surface area contributed by atoms with Gasteiger partial charge in [0.15, 0.2) is 0 Å². The van der Waals surface area contributed by atoms with Crippen LogP contribution in [-0.2, 0) is 4.79 Å². The summed E-state index contributed by atoms with van der Waals surface area (Å²) in [6.07, 6.45) is 8.34. The van der Waals surface area contributed by atoms with Crippen molar-refractivity contribution in [3.63, 3.8) is 0 Å². The van der Waals surface area contributed by atoms with Crippen molar-refractivity contribution in [2.75, 3.05) is 20.2 Å². The van der Waals surface area contributed by atoms with Crippen LogP contribution in [0.5, 0.6) is 11.5 Å². The Morgan fingerprint density at radius 1 is 1.31 bits per heavy atom. The van der Waals surface area contributed by atoms with E-state index in [2.05, 4.69) is 4.98 Å². The number of amides is 1. The van der Waals surface area contributed by atoms with E-state index in [0.717, 1.165) is 30.7 Å². The summed E-state index contributed by atoms with van der Waals surface area (Å²) >= 11 is 6.09. The molecule has 3 rings (SSSR count). The third-order valence-electron chi connectivity index (χ3n) is 4.25. The molecule has 1 fully saturated rings. The van der Waals surface area contributed by atoms with E-state index in [-0.39, 0.29) is 12.0 Å². The number of aromatic nitrogens is 1. The summed E-state index contributed by atoms with van der Waals surface area (Å²) in [6, 6.07) is 9.31. The second-order valence-electron chi connectivity index (χ2n) is 6.08. The summed E-state index contributed by atoms with van der Waals surface area (Å²) in [5.41, 5.74) is 0.951. The highest BCUT2D eigenvalue weighted by atomic mass is 35.5. The quantitative estimate of drug-likeness (QED) is 0.748. The number of pyridine rings is 1. The van der Waals surface area contributed by atoms with Gasteiger partial charge < -0.3 is 14.4 Å². The van der Waals surface area contributed by atoms with Gasteiger partial charge >= 0.3 is 0 Å². The topological polar surface area (TPSA) is 51.7 Å². The molecule has 1 aromatic heterocycles. The normalized spacial score (nSPS) is 17.3. The number of halogens is 1. The summed E-state index contributed by atoms with van der Waals surface area (Å²) in [6.45, 7) is 1.28. The number of hydrogen-bond donors (Lipinski definition) is 0. The van der Waals surface area contributed by atoms with Crippen molar-refractivity contribution >= 4 is 23.6 Å². The van der Waals surface area contributed by atoms with Gasteiger partial charge in [0.05, 0.1) is 13.7 Å². The summed E-state index contributed by atoms with van der Waals surface area (Å²) in [5, 5.41) is 0.482. The highest BCUT2D eigenvalue weighted by Gasteiger charge is 2.24. The molecule has 0 unspecified atom stereocenters. The second kappa shape index (κ2) is 8.72. The maximum Gasteiger partial charge on any atom is 0.246 e. The van der Waals surface area contributed by atoms with Crippen LogP contribution in [-0.4, -0.2) is 42.1 Å². The van der Waals surface area contributed by atoms with E-state index in [4.69, 9.17) is 21.1 Å². The Hall–Kier alpha value is -2.53. The van der Waals surface area contributed by atoms with Crippen LogP contribution in [0.15, 0.2) is 48.8 Å². The van der Waals surface area contributed by atoms with Crippen LogP contribution < -0.4 is 9.47 Å². The molecule has 1 amide bonds. The van der Waals surface area contributed by atoms with E-state index in [0.29, 0.717) is 17.3 Å². The minimum atomic E-state index is -0.0676. The Morgan fingerprint density at radius 2 is 2.12 bits per heavy atom. The average Bonchev–Trinajstić information content (AvgIpc) is 2.68.